The van der Waals surface area contributed by atoms with Gasteiger partial charge in [-0.05, 0) is 19.1 Å². The monoisotopic (exact) mass is 240 g/mol. The van der Waals surface area contributed by atoms with Gasteiger partial charge in [0.25, 0.3) is 0 Å². The summed E-state index contributed by atoms with van der Waals surface area (Å²) in [6, 6.07) is 4.84. The average molecular weight is 240 g/mol. The zero-order chi connectivity index (χ0) is 11.4. The first-order valence-electron chi connectivity index (χ1n) is 5.16. The summed E-state index contributed by atoms with van der Waals surface area (Å²) >= 11 is 1.64. The van der Waals surface area contributed by atoms with Crippen molar-refractivity contribution in [3.63, 3.8) is 0 Å². The SMILES string of the molecule is CCOc1ccc(NC2=NCCS2)cc1F. The van der Waals surface area contributed by atoms with Crippen molar-refractivity contribution in [2.24, 2.45) is 4.99 Å². The molecule has 0 aliphatic carbocycles. The molecular weight excluding hydrogens is 227 g/mol. The Hall–Kier alpha value is -1.23. The summed E-state index contributed by atoms with van der Waals surface area (Å²) in [7, 11) is 0. The standard InChI is InChI=1S/C11H13FN2OS/c1-2-15-10-4-3-8(7-9(10)12)14-11-13-5-6-16-11/h3-4,7H,2,5-6H2,1H3,(H,13,14). The van der Waals surface area contributed by atoms with E-state index in [1.165, 1.54) is 6.07 Å². The highest BCUT2D eigenvalue weighted by atomic mass is 32.2. The van der Waals surface area contributed by atoms with E-state index in [1.54, 1.807) is 23.9 Å². The number of aliphatic imine (C=N–C) groups is 1. The van der Waals surface area contributed by atoms with E-state index in [0.717, 1.165) is 17.5 Å². The van der Waals surface area contributed by atoms with Crippen molar-refractivity contribution in [3.05, 3.63) is 24.0 Å². The Morgan fingerprint density at radius 2 is 2.44 bits per heavy atom. The molecule has 0 aromatic heterocycles. The molecule has 1 aliphatic rings. The quantitative estimate of drug-likeness (QED) is 0.882. The second-order valence-electron chi connectivity index (χ2n) is 3.24. The van der Waals surface area contributed by atoms with Crippen molar-refractivity contribution in [2.75, 3.05) is 24.2 Å². The molecule has 0 saturated carbocycles. The van der Waals surface area contributed by atoms with E-state index in [2.05, 4.69) is 10.3 Å². The molecule has 5 heteroatoms. The Morgan fingerprint density at radius 1 is 1.56 bits per heavy atom. The molecular formula is C11H13FN2OS. The van der Waals surface area contributed by atoms with E-state index >= 15 is 0 Å². The lowest BCUT2D eigenvalue weighted by Gasteiger charge is -2.08. The minimum absolute atomic E-state index is 0.286. The van der Waals surface area contributed by atoms with Crippen LogP contribution in [0.25, 0.3) is 0 Å². The topological polar surface area (TPSA) is 33.6 Å². The van der Waals surface area contributed by atoms with Crippen LogP contribution in [-0.4, -0.2) is 24.1 Å². The van der Waals surface area contributed by atoms with Crippen LogP contribution >= 0.6 is 11.8 Å². The lowest BCUT2D eigenvalue weighted by molar-refractivity contribution is 0.321. The maximum absolute atomic E-state index is 13.5. The van der Waals surface area contributed by atoms with Gasteiger partial charge in [0.1, 0.15) is 0 Å². The van der Waals surface area contributed by atoms with Crippen LogP contribution < -0.4 is 10.1 Å². The molecule has 1 aromatic carbocycles. The molecule has 16 heavy (non-hydrogen) atoms. The predicted molar refractivity (Wildman–Crippen MR) is 66.0 cm³/mol. The lowest BCUT2D eigenvalue weighted by atomic mass is 10.3. The van der Waals surface area contributed by atoms with Gasteiger partial charge in [-0.3, -0.25) is 4.99 Å². The molecule has 3 nitrogen and oxygen atoms in total. The van der Waals surface area contributed by atoms with Crippen molar-refractivity contribution < 1.29 is 9.13 Å². The average Bonchev–Trinajstić information content (AvgIpc) is 2.75. The molecule has 1 heterocycles. The van der Waals surface area contributed by atoms with Crippen molar-refractivity contribution in [3.8, 4) is 5.75 Å². The maximum Gasteiger partial charge on any atom is 0.167 e. The van der Waals surface area contributed by atoms with Crippen LogP contribution in [0, 0.1) is 5.82 Å². The Kier molecular flexibility index (Phi) is 3.66. The fraction of sp³-hybridized carbons (Fsp3) is 0.364. The van der Waals surface area contributed by atoms with Crippen molar-refractivity contribution >= 4 is 22.6 Å². The van der Waals surface area contributed by atoms with Gasteiger partial charge in [-0.15, -0.1) is 0 Å². The maximum atomic E-state index is 13.5. The van der Waals surface area contributed by atoms with Gasteiger partial charge in [-0.1, -0.05) is 11.8 Å². The van der Waals surface area contributed by atoms with E-state index in [0.29, 0.717) is 12.3 Å². The van der Waals surface area contributed by atoms with E-state index in [-0.39, 0.29) is 11.6 Å². The van der Waals surface area contributed by atoms with Gasteiger partial charge in [0.2, 0.25) is 0 Å². The Morgan fingerprint density at radius 3 is 3.06 bits per heavy atom. The van der Waals surface area contributed by atoms with Crippen LogP contribution in [0.1, 0.15) is 6.92 Å². The second kappa shape index (κ2) is 5.21. The zero-order valence-electron chi connectivity index (χ0n) is 9.00. The largest absolute Gasteiger partial charge is 0.491 e. The number of nitrogens with zero attached hydrogens (tertiary/aromatic N) is 1. The zero-order valence-corrected chi connectivity index (χ0v) is 9.81. The van der Waals surface area contributed by atoms with Gasteiger partial charge in [0, 0.05) is 17.5 Å². The second-order valence-corrected chi connectivity index (χ2v) is 4.32. The summed E-state index contributed by atoms with van der Waals surface area (Å²) in [5.41, 5.74) is 0.703. The van der Waals surface area contributed by atoms with Crippen molar-refractivity contribution in [1.29, 1.82) is 0 Å². The van der Waals surface area contributed by atoms with Gasteiger partial charge >= 0.3 is 0 Å². The van der Waals surface area contributed by atoms with E-state index < -0.39 is 0 Å². The first-order valence-corrected chi connectivity index (χ1v) is 6.15. The molecule has 0 saturated heterocycles. The summed E-state index contributed by atoms with van der Waals surface area (Å²) in [6.45, 7) is 3.12. The molecule has 0 fully saturated rings. The van der Waals surface area contributed by atoms with Gasteiger partial charge in [-0.25, -0.2) is 4.39 Å². The number of hydrogen-bond donors (Lipinski definition) is 1. The molecule has 0 bridgehead atoms. The Labute approximate surface area is 98.1 Å². The first-order chi connectivity index (χ1) is 7.79. The van der Waals surface area contributed by atoms with Crippen LogP contribution in [0.4, 0.5) is 10.1 Å². The fourth-order valence-corrected chi connectivity index (χ4v) is 2.13. The summed E-state index contributed by atoms with van der Waals surface area (Å²) in [4.78, 5) is 4.23. The van der Waals surface area contributed by atoms with Gasteiger partial charge in [0.05, 0.1) is 13.2 Å². The highest BCUT2D eigenvalue weighted by Crippen LogP contribution is 2.22. The molecule has 0 unspecified atom stereocenters. The number of amidine groups is 1. The van der Waals surface area contributed by atoms with Crippen LogP contribution in [0.15, 0.2) is 23.2 Å². The fourth-order valence-electron chi connectivity index (χ4n) is 1.39. The Bertz CT molecular complexity index is 409. The summed E-state index contributed by atoms with van der Waals surface area (Å²) in [5.74, 6) is 0.923. The van der Waals surface area contributed by atoms with Crippen molar-refractivity contribution in [2.45, 2.75) is 6.92 Å². The third-order valence-electron chi connectivity index (χ3n) is 2.07. The van der Waals surface area contributed by atoms with E-state index in [4.69, 9.17) is 4.74 Å². The molecule has 2 rings (SSSR count). The number of halogens is 1. The van der Waals surface area contributed by atoms with Gasteiger partial charge in [0.15, 0.2) is 16.7 Å². The minimum atomic E-state index is -0.351. The minimum Gasteiger partial charge on any atom is -0.491 e. The molecule has 0 amide bonds. The number of hydrogen-bond acceptors (Lipinski definition) is 4. The number of anilines is 1. The molecule has 1 N–H and O–H groups in total. The van der Waals surface area contributed by atoms with Crippen molar-refractivity contribution in [1.82, 2.24) is 0 Å². The van der Waals surface area contributed by atoms with Crippen LogP contribution in [0.5, 0.6) is 5.75 Å². The molecule has 0 spiro atoms. The van der Waals surface area contributed by atoms with Crippen LogP contribution in [0.2, 0.25) is 0 Å². The van der Waals surface area contributed by atoms with Gasteiger partial charge in [-0.2, -0.15) is 0 Å². The first kappa shape index (κ1) is 11.3. The summed E-state index contributed by atoms with van der Waals surface area (Å²) in [5, 5.41) is 3.92. The van der Waals surface area contributed by atoms with Crippen LogP contribution in [-0.2, 0) is 0 Å². The highest BCUT2D eigenvalue weighted by Gasteiger charge is 2.09. The normalized spacial score (nSPS) is 14.8. The molecule has 1 aliphatic heterocycles. The molecule has 0 radical (unpaired) electrons. The molecule has 86 valence electrons. The molecule has 1 aromatic rings. The number of nitrogens with one attached hydrogen (secondary N) is 1. The van der Waals surface area contributed by atoms with E-state index in [9.17, 15) is 4.39 Å². The highest BCUT2D eigenvalue weighted by molar-refractivity contribution is 8.14. The van der Waals surface area contributed by atoms with E-state index in [1.807, 2.05) is 6.92 Å². The third kappa shape index (κ3) is 2.66. The Balaban J connectivity index is 2.08. The number of rotatable bonds is 3. The van der Waals surface area contributed by atoms with Crippen LogP contribution in [0.3, 0.4) is 0 Å². The van der Waals surface area contributed by atoms with Gasteiger partial charge < -0.3 is 10.1 Å². The third-order valence-corrected chi connectivity index (χ3v) is 2.96. The smallest absolute Gasteiger partial charge is 0.167 e. The summed E-state index contributed by atoms with van der Waals surface area (Å²) in [6.07, 6.45) is 0. The number of ether oxygens (including phenoxy) is 1. The number of benzene rings is 1. The predicted octanol–water partition coefficient (Wildman–Crippen LogP) is 2.74. The lowest BCUT2D eigenvalue weighted by Crippen LogP contribution is -2.05. The number of thioether (sulfide) groups is 1. The summed E-state index contributed by atoms with van der Waals surface area (Å²) < 4.78 is 18.6. The molecule has 0 atom stereocenters.